The van der Waals surface area contributed by atoms with Crippen LogP contribution in [0, 0.1) is 5.82 Å². The molecule has 0 radical (unpaired) electrons. The molecule has 3 nitrogen and oxygen atoms in total. The number of nitrogens with zero attached hydrogens (tertiary/aromatic N) is 2. The first-order valence-corrected chi connectivity index (χ1v) is 9.02. The van der Waals surface area contributed by atoms with Gasteiger partial charge in [-0.15, -0.1) is 0 Å². The molecule has 4 rings (SSSR count). The summed E-state index contributed by atoms with van der Waals surface area (Å²) in [5.74, 6) is -0.339. The molecule has 134 valence electrons. The molecule has 0 fully saturated rings. The molecule has 2 aromatic rings. The number of likely N-dealkylation sites (N-methyl/N-ethyl adjacent to an activating group) is 1. The molecule has 0 saturated heterocycles. The van der Waals surface area contributed by atoms with Gasteiger partial charge in [-0.25, -0.2) is 9.38 Å². The van der Waals surface area contributed by atoms with Gasteiger partial charge in [0.05, 0.1) is 17.1 Å². The molecule has 0 bridgehead atoms. The van der Waals surface area contributed by atoms with Crippen LogP contribution in [0.2, 0.25) is 0 Å². The van der Waals surface area contributed by atoms with Gasteiger partial charge in [-0.3, -0.25) is 4.90 Å². The first-order chi connectivity index (χ1) is 13.8. The van der Waals surface area contributed by atoms with E-state index in [1.807, 2.05) is 19.1 Å². The molecule has 26 heavy (non-hydrogen) atoms. The highest BCUT2D eigenvalue weighted by Crippen LogP contribution is 2.37. The molecule has 2 aliphatic heterocycles. The van der Waals surface area contributed by atoms with Crippen molar-refractivity contribution < 1.29 is 8.50 Å². The summed E-state index contributed by atoms with van der Waals surface area (Å²) in [6.45, 7) is 2.28. The lowest BCUT2D eigenvalue weighted by molar-refractivity contribution is 0.288. The summed E-state index contributed by atoms with van der Waals surface area (Å²) in [6, 6.07) is 10.5. The van der Waals surface area contributed by atoms with Crippen LogP contribution in [0.3, 0.4) is 0 Å². The van der Waals surface area contributed by atoms with Crippen LogP contribution in [0.5, 0.6) is 0 Å². The lowest BCUT2D eigenvalue weighted by Crippen LogP contribution is -2.33. The monoisotopic (exact) mass is 352 g/mol. The van der Waals surface area contributed by atoms with E-state index in [1.54, 1.807) is 6.07 Å². The van der Waals surface area contributed by atoms with Gasteiger partial charge in [0.15, 0.2) is 0 Å². The first kappa shape index (κ1) is 13.7. The van der Waals surface area contributed by atoms with Crippen LogP contribution in [0.4, 0.5) is 21.5 Å². The number of hydrogen-bond donors (Lipinski definition) is 1. The van der Waals surface area contributed by atoms with Crippen molar-refractivity contribution in [1.29, 1.82) is 0 Å². The van der Waals surface area contributed by atoms with Crippen LogP contribution in [0.1, 0.15) is 35.5 Å². The maximum atomic E-state index is 13.9. The molecule has 0 unspecified atom stereocenters. The molecule has 0 saturated carbocycles. The Balaban J connectivity index is 1.86. The average molecular weight is 352 g/mol. The van der Waals surface area contributed by atoms with Crippen LogP contribution < -0.4 is 5.32 Å². The second-order valence-electron chi connectivity index (χ2n) is 6.86. The van der Waals surface area contributed by atoms with Crippen molar-refractivity contribution in [1.82, 2.24) is 4.90 Å². The number of benzene rings is 2. The van der Waals surface area contributed by atoms with Crippen molar-refractivity contribution in [2.75, 3.05) is 18.8 Å². The molecule has 0 aromatic heterocycles. The minimum absolute atomic E-state index is 0.241. The Bertz CT molecular complexity index is 1010. The van der Waals surface area contributed by atoms with Gasteiger partial charge in [0.25, 0.3) is 0 Å². The zero-order valence-corrected chi connectivity index (χ0v) is 15.0. The largest absolute Gasteiger partial charge is 0.353 e. The highest BCUT2D eigenvalue weighted by atomic mass is 19.1. The van der Waals surface area contributed by atoms with Crippen LogP contribution in [-0.2, 0) is 6.42 Å². The zero-order chi connectivity index (χ0) is 20.8. The molecule has 1 atom stereocenters. The summed E-state index contributed by atoms with van der Waals surface area (Å²) in [4.78, 5) is 6.37. The summed E-state index contributed by atoms with van der Waals surface area (Å²) < 4.78 is 37.1. The Kier molecular flexibility index (Phi) is 3.53. The second-order valence-corrected chi connectivity index (χ2v) is 6.86. The molecule has 4 heteroatoms. The highest BCUT2D eigenvalue weighted by molar-refractivity contribution is 6.18. The van der Waals surface area contributed by atoms with Crippen molar-refractivity contribution in [2.24, 2.45) is 4.99 Å². The standard InChI is InChI=1S/C22H24FN3/c1-4-15-5-7-19-18(12-15)22(16-9-10-26(3)14(2)11-16)25-21-13-17(23)6-8-20(21)24-19/h5-8,11-14,24H,4,9-10H2,1-3H3/t14-/m0/s1/i3D3. The Hall–Kier alpha value is -2.46. The van der Waals surface area contributed by atoms with Crippen molar-refractivity contribution in [3.63, 3.8) is 0 Å². The van der Waals surface area contributed by atoms with E-state index >= 15 is 0 Å². The second kappa shape index (κ2) is 6.69. The lowest BCUT2D eigenvalue weighted by atomic mass is 9.92. The number of rotatable bonds is 2. The fraction of sp³-hybridized carbons (Fsp3) is 0.318. The summed E-state index contributed by atoms with van der Waals surface area (Å²) in [6.07, 6.45) is 3.44. The number of aliphatic imine (C=N–C) groups is 1. The number of halogens is 1. The van der Waals surface area contributed by atoms with E-state index in [1.165, 1.54) is 22.6 Å². The predicted octanol–water partition coefficient (Wildman–Crippen LogP) is 5.22. The van der Waals surface area contributed by atoms with E-state index < -0.39 is 6.98 Å². The fourth-order valence-corrected chi connectivity index (χ4v) is 3.50. The van der Waals surface area contributed by atoms with Gasteiger partial charge in [-0.1, -0.05) is 19.1 Å². The fourth-order valence-electron chi connectivity index (χ4n) is 3.50. The molecule has 2 aromatic carbocycles. The van der Waals surface area contributed by atoms with E-state index in [9.17, 15) is 4.39 Å². The van der Waals surface area contributed by atoms with Gasteiger partial charge in [-0.05, 0) is 62.1 Å². The first-order valence-electron chi connectivity index (χ1n) is 10.5. The summed E-state index contributed by atoms with van der Waals surface area (Å²) in [5.41, 5.74) is 6.13. The van der Waals surface area contributed by atoms with Gasteiger partial charge in [0.2, 0.25) is 0 Å². The number of anilines is 2. The smallest absolute Gasteiger partial charge is 0.125 e. The molecular formula is C22H24FN3. The molecule has 1 N–H and O–H groups in total. The lowest BCUT2D eigenvalue weighted by Gasteiger charge is -2.29. The van der Waals surface area contributed by atoms with E-state index in [0.717, 1.165) is 34.6 Å². The van der Waals surface area contributed by atoms with Gasteiger partial charge >= 0.3 is 0 Å². The maximum absolute atomic E-state index is 13.9. The minimum atomic E-state index is -2.13. The zero-order valence-electron chi connectivity index (χ0n) is 18.0. The van der Waals surface area contributed by atoms with Gasteiger partial charge in [0, 0.05) is 34.0 Å². The number of aryl methyl sites for hydroxylation is 1. The summed E-state index contributed by atoms with van der Waals surface area (Å²) >= 11 is 0. The third-order valence-corrected chi connectivity index (χ3v) is 5.07. The Morgan fingerprint density at radius 1 is 1.27 bits per heavy atom. The normalized spacial score (nSPS) is 21.8. The summed E-state index contributed by atoms with van der Waals surface area (Å²) in [5, 5.41) is 3.39. The van der Waals surface area contributed by atoms with E-state index in [4.69, 9.17) is 9.10 Å². The minimum Gasteiger partial charge on any atom is -0.353 e. The average Bonchev–Trinajstić information content (AvgIpc) is 2.82. The van der Waals surface area contributed by atoms with E-state index in [2.05, 4.69) is 24.4 Å². The van der Waals surface area contributed by atoms with E-state index in [-0.39, 0.29) is 11.9 Å². The Morgan fingerprint density at radius 3 is 2.88 bits per heavy atom. The molecule has 0 spiro atoms. The van der Waals surface area contributed by atoms with Crippen LogP contribution in [-0.4, -0.2) is 30.2 Å². The maximum Gasteiger partial charge on any atom is 0.125 e. The molecule has 2 heterocycles. The Labute approximate surface area is 158 Å². The van der Waals surface area contributed by atoms with Crippen LogP contribution >= 0.6 is 0 Å². The quantitative estimate of drug-likeness (QED) is 0.803. The highest BCUT2D eigenvalue weighted by Gasteiger charge is 2.24. The topological polar surface area (TPSA) is 27.6 Å². The molecular weight excluding hydrogens is 325 g/mol. The van der Waals surface area contributed by atoms with Crippen molar-refractivity contribution in [3.05, 3.63) is 65.0 Å². The van der Waals surface area contributed by atoms with E-state index in [0.29, 0.717) is 18.7 Å². The van der Waals surface area contributed by atoms with Crippen molar-refractivity contribution >= 4 is 22.8 Å². The van der Waals surface area contributed by atoms with Gasteiger partial charge < -0.3 is 5.32 Å². The molecule has 0 amide bonds. The summed E-state index contributed by atoms with van der Waals surface area (Å²) in [7, 11) is 0. The number of hydrogen-bond acceptors (Lipinski definition) is 3. The molecule has 0 aliphatic carbocycles. The number of nitrogens with one attached hydrogen (secondary N) is 1. The number of fused-ring (bicyclic) bond motifs is 2. The third kappa shape index (κ3) is 3.06. The van der Waals surface area contributed by atoms with Crippen molar-refractivity contribution in [3.8, 4) is 0 Å². The van der Waals surface area contributed by atoms with Gasteiger partial charge in [0.1, 0.15) is 5.82 Å². The predicted molar refractivity (Wildman–Crippen MR) is 106 cm³/mol. The Morgan fingerprint density at radius 2 is 2.12 bits per heavy atom. The van der Waals surface area contributed by atoms with Crippen LogP contribution in [0.25, 0.3) is 0 Å². The van der Waals surface area contributed by atoms with Crippen LogP contribution in [0.15, 0.2) is 53.0 Å². The molecule has 2 aliphatic rings. The third-order valence-electron chi connectivity index (χ3n) is 5.07. The van der Waals surface area contributed by atoms with Gasteiger partial charge in [-0.2, -0.15) is 0 Å². The SMILES string of the molecule is [2H]C([2H])([2H])N1CCC(C2=Nc3cc(F)ccc3Nc3ccc(CC)cc32)=C[C@@H]1C. The van der Waals surface area contributed by atoms with Crippen molar-refractivity contribution in [2.45, 2.75) is 32.7 Å².